The molecule has 0 spiro atoms. The van der Waals surface area contributed by atoms with Gasteiger partial charge in [0.15, 0.2) is 0 Å². The number of carbonyl (C=O) groups is 2. The zero-order valence-corrected chi connectivity index (χ0v) is 18.1. The normalized spacial score (nSPS) is 16.3. The van der Waals surface area contributed by atoms with Gasteiger partial charge in [-0.15, -0.1) is 0 Å². The number of hydrogen-bond donors (Lipinski definition) is 1. The molecule has 0 aliphatic carbocycles. The molecule has 1 saturated heterocycles. The lowest BCUT2D eigenvalue weighted by Crippen LogP contribution is -2.29. The number of halogens is 1. The number of para-hydroxylation sites is 2. The van der Waals surface area contributed by atoms with E-state index in [9.17, 15) is 9.59 Å². The van der Waals surface area contributed by atoms with Gasteiger partial charge in [-0.2, -0.15) is 0 Å². The third-order valence-corrected chi connectivity index (χ3v) is 5.61. The third-order valence-electron chi connectivity index (χ3n) is 5.38. The molecule has 0 bridgehead atoms. The zero-order valence-electron chi connectivity index (χ0n) is 17.4. The number of imidazole rings is 1. The maximum Gasteiger partial charge on any atom is 0.232 e. The van der Waals surface area contributed by atoms with Crippen LogP contribution in [0.25, 0.3) is 11.0 Å². The van der Waals surface area contributed by atoms with E-state index < -0.39 is 5.92 Å². The van der Waals surface area contributed by atoms with Gasteiger partial charge in [-0.1, -0.05) is 29.8 Å². The number of benzene rings is 2. The summed E-state index contributed by atoms with van der Waals surface area (Å²) in [6.07, 6.45) is 0.963. The maximum absolute atomic E-state index is 13.0. The molecule has 2 heterocycles. The van der Waals surface area contributed by atoms with Crippen LogP contribution in [0.2, 0.25) is 5.02 Å². The van der Waals surface area contributed by atoms with Crippen LogP contribution in [0.1, 0.15) is 19.8 Å². The predicted molar refractivity (Wildman–Crippen MR) is 121 cm³/mol. The van der Waals surface area contributed by atoms with Gasteiger partial charge in [0.25, 0.3) is 0 Å². The molecular weight excluding hydrogens is 416 g/mol. The smallest absolute Gasteiger partial charge is 0.232 e. The number of carbonyl (C=O) groups excluding carboxylic acids is 2. The summed E-state index contributed by atoms with van der Waals surface area (Å²) in [6.45, 7) is 4.27. The van der Waals surface area contributed by atoms with Gasteiger partial charge >= 0.3 is 0 Å². The van der Waals surface area contributed by atoms with Crippen molar-refractivity contribution < 1.29 is 14.3 Å². The SMILES string of the molecule is CCOCCCn1c(NC(=O)C2CC(=O)N(c3cccc(Cl)c3)C2)nc2ccccc21. The van der Waals surface area contributed by atoms with E-state index >= 15 is 0 Å². The van der Waals surface area contributed by atoms with Gasteiger partial charge < -0.3 is 14.2 Å². The molecule has 162 valence electrons. The predicted octanol–water partition coefficient (Wildman–Crippen LogP) is 4.11. The van der Waals surface area contributed by atoms with E-state index in [1.54, 1.807) is 23.1 Å². The first-order valence-corrected chi connectivity index (χ1v) is 10.8. The summed E-state index contributed by atoms with van der Waals surface area (Å²) >= 11 is 6.06. The molecule has 1 aliphatic heterocycles. The van der Waals surface area contributed by atoms with Crippen molar-refractivity contribution in [2.45, 2.75) is 26.3 Å². The zero-order chi connectivity index (χ0) is 21.8. The Kier molecular flexibility index (Phi) is 6.53. The number of nitrogens with zero attached hydrogens (tertiary/aromatic N) is 3. The van der Waals surface area contributed by atoms with Crippen molar-refractivity contribution in [1.82, 2.24) is 9.55 Å². The second kappa shape index (κ2) is 9.49. The Balaban J connectivity index is 1.50. The van der Waals surface area contributed by atoms with E-state index in [2.05, 4.69) is 10.3 Å². The van der Waals surface area contributed by atoms with Crippen molar-refractivity contribution in [2.75, 3.05) is 30.0 Å². The van der Waals surface area contributed by atoms with Crippen molar-refractivity contribution in [3.8, 4) is 0 Å². The average Bonchev–Trinajstić information content (AvgIpc) is 3.31. The van der Waals surface area contributed by atoms with Gasteiger partial charge in [0.1, 0.15) is 0 Å². The molecule has 8 heteroatoms. The lowest BCUT2D eigenvalue weighted by atomic mass is 10.1. The van der Waals surface area contributed by atoms with Gasteiger partial charge in [-0.3, -0.25) is 14.9 Å². The van der Waals surface area contributed by atoms with Crippen molar-refractivity contribution in [2.24, 2.45) is 5.92 Å². The highest BCUT2D eigenvalue weighted by molar-refractivity contribution is 6.31. The van der Waals surface area contributed by atoms with Crippen LogP contribution in [0.4, 0.5) is 11.6 Å². The minimum absolute atomic E-state index is 0.0902. The van der Waals surface area contributed by atoms with Gasteiger partial charge in [0.05, 0.1) is 17.0 Å². The van der Waals surface area contributed by atoms with Crippen LogP contribution in [-0.2, 0) is 20.9 Å². The summed E-state index contributed by atoms with van der Waals surface area (Å²) in [6, 6.07) is 14.9. The standard InChI is InChI=1S/C23H25ClN4O3/c1-2-31-12-6-11-27-20-10-4-3-9-19(20)25-23(27)26-22(30)16-13-21(29)28(15-16)18-8-5-7-17(24)14-18/h3-5,7-10,14,16H,2,6,11-13,15H2,1H3,(H,25,26,30). The number of anilines is 2. The topological polar surface area (TPSA) is 76.5 Å². The van der Waals surface area contributed by atoms with Crippen LogP contribution in [0.5, 0.6) is 0 Å². The Labute approximate surface area is 186 Å². The summed E-state index contributed by atoms with van der Waals surface area (Å²) in [7, 11) is 0. The number of aromatic nitrogens is 2. The first kappa shape index (κ1) is 21.3. The van der Waals surface area contributed by atoms with Gasteiger partial charge in [0, 0.05) is 43.4 Å². The molecule has 1 unspecified atom stereocenters. The van der Waals surface area contributed by atoms with E-state index in [1.165, 1.54) is 0 Å². The van der Waals surface area contributed by atoms with Crippen LogP contribution in [0, 0.1) is 5.92 Å². The number of fused-ring (bicyclic) bond motifs is 1. The van der Waals surface area contributed by atoms with E-state index in [1.807, 2.05) is 41.8 Å². The Morgan fingerprint density at radius 2 is 2.10 bits per heavy atom. The Bertz CT molecular complexity index is 1100. The van der Waals surface area contributed by atoms with Crippen LogP contribution in [-0.4, -0.2) is 41.1 Å². The first-order valence-electron chi connectivity index (χ1n) is 10.5. The van der Waals surface area contributed by atoms with Crippen LogP contribution < -0.4 is 10.2 Å². The molecule has 1 fully saturated rings. The molecule has 0 radical (unpaired) electrons. The molecule has 1 aliphatic rings. The molecule has 2 aromatic carbocycles. The van der Waals surface area contributed by atoms with E-state index in [0.29, 0.717) is 43.0 Å². The lowest BCUT2D eigenvalue weighted by molar-refractivity contribution is -0.122. The molecule has 3 aromatic rings. The van der Waals surface area contributed by atoms with Crippen molar-refractivity contribution in [3.05, 3.63) is 53.6 Å². The molecule has 2 amide bonds. The van der Waals surface area contributed by atoms with Gasteiger partial charge in [0.2, 0.25) is 17.8 Å². The second-order valence-corrected chi connectivity index (χ2v) is 7.94. The largest absolute Gasteiger partial charge is 0.382 e. The summed E-state index contributed by atoms with van der Waals surface area (Å²) in [5, 5.41) is 3.51. The van der Waals surface area contributed by atoms with E-state index in [-0.39, 0.29) is 18.2 Å². The fourth-order valence-electron chi connectivity index (χ4n) is 3.86. The molecule has 7 nitrogen and oxygen atoms in total. The highest BCUT2D eigenvalue weighted by atomic mass is 35.5. The highest BCUT2D eigenvalue weighted by Crippen LogP contribution is 2.28. The second-order valence-electron chi connectivity index (χ2n) is 7.50. The van der Waals surface area contributed by atoms with Crippen molar-refractivity contribution >= 4 is 46.1 Å². The molecule has 1 atom stereocenters. The summed E-state index contributed by atoms with van der Waals surface area (Å²) in [5.74, 6) is -0.258. The number of ether oxygens (including phenoxy) is 1. The summed E-state index contributed by atoms with van der Waals surface area (Å²) in [5.41, 5.74) is 2.48. The number of rotatable bonds is 8. The van der Waals surface area contributed by atoms with E-state index in [0.717, 1.165) is 17.5 Å². The van der Waals surface area contributed by atoms with Gasteiger partial charge in [-0.25, -0.2) is 4.98 Å². The maximum atomic E-state index is 13.0. The number of amides is 2. The Hall–Kier alpha value is -2.90. The fourth-order valence-corrected chi connectivity index (χ4v) is 4.04. The Morgan fingerprint density at radius 3 is 2.90 bits per heavy atom. The van der Waals surface area contributed by atoms with Gasteiger partial charge in [-0.05, 0) is 43.7 Å². The number of nitrogens with one attached hydrogen (secondary N) is 1. The minimum Gasteiger partial charge on any atom is -0.382 e. The number of hydrogen-bond acceptors (Lipinski definition) is 4. The summed E-state index contributed by atoms with van der Waals surface area (Å²) in [4.78, 5) is 31.8. The fraction of sp³-hybridized carbons (Fsp3) is 0.348. The molecule has 1 N–H and O–H groups in total. The van der Waals surface area contributed by atoms with Crippen molar-refractivity contribution in [1.29, 1.82) is 0 Å². The highest BCUT2D eigenvalue weighted by Gasteiger charge is 2.35. The minimum atomic E-state index is -0.455. The third kappa shape index (κ3) is 4.73. The molecule has 31 heavy (non-hydrogen) atoms. The first-order chi connectivity index (χ1) is 15.1. The molecular formula is C23H25ClN4O3. The molecule has 1 aromatic heterocycles. The summed E-state index contributed by atoms with van der Waals surface area (Å²) < 4.78 is 7.44. The van der Waals surface area contributed by atoms with Crippen LogP contribution in [0.3, 0.4) is 0 Å². The van der Waals surface area contributed by atoms with E-state index in [4.69, 9.17) is 16.3 Å². The van der Waals surface area contributed by atoms with Crippen molar-refractivity contribution in [3.63, 3.8) is 0 Å². The monoisotopic (exact) mass is 440 g/mol. The number of aryl methyl sites for hydroxylation is 1. The van der Waals surface area contributed by atoms with Crippen LogP contribution >= 0.6 is 11.6 Å². The quantitative estimate of drug-likeness (QED) is 0.535. The molecule has 4 rings (SSSR count). The lowest BCUT2D eigenvalue weighted by Gasteiger charge is -2.17. The van der Waals surface area contributed by atoms with Crippen LogP contribution in [0.15, 0.2) is 48.5 Å². The average molecular weight is 441 g/mol. The Morgan fingerprint density at radius 1 is 1.26 bits per heavy atom. The molecule has 0 saturated carbocycles.